The standard InChI is InChI=1S/C15H13ClN2O/c1-15(10-5-3-2-4-6-10)12-9-11(16)7-8-13(12)18-14(17)19-15/h2-9H,1H3,(H2,17,18)/i1+1D3. The summed E-state index contributed by atoms with van der Waals surface area (Å²) in [6.45, 7) is -2.51. The second-order valence-electron chi connectivity index (χ2n) is 4.26. The van der Waals surface area contributed by atoms with E-state index < -0.39 is 12.5 Å². The second-order valence-corrected chi connectivity index (χ2v) is 4.70. The molecule has 1 aliphatic rings. The Morgan fingerprint density at radius 1 is 1.26 bits per heavy atom. The highest BCUT2D eigenvalue weighted by atomic mass is 35.5. The van der Waals surface area contributed by atoms with Crippen LogP contribution in [-0.2, 0) is 10.3 Å². The van der Waals surface area contributed by atoms with Gasteiger partial charge in [0.2, 0.25) is 0 Å². The Hall–Kier alpha value is -2.00. The number of amidine groups is 1. The Bertz CT molecular complexity index is 746. The maximum Gasteiger partial charge on any atom is 0.288 e. The average Bonchev–Trinajstić information content (AvgIpc) is 2.46. The fraction of sp³-hybridized carbons (Fsp3) is 0.133. The molecule has 2 aromatic carbocycles. The smallest absolute Gasteiger partial charge is 0.288 e. The van der Waals surface area contributed by atoms with E-state index in [1.165, 1.54) is 0 Å². The van der Waals surface area contributed by atoms with Gasteiger partial charge in [-0.05, 0) is 30.6 Å². The van der Waals surface area contributed by atoms with E-state index in [0.717, 1.165) is 0 Å². The molecule has 0 amide bonds. The minimum absolute atomic E-state index is 0.185. The summed E-state index contributed by atoms with van der Waals surface area (Å²) >= 11 is 6.06. The van der Waals surface area contributed by atoms with Crippen molar-refractivity contribution in [2.45, 2.75) is 12.5 Å². The van der Waals surface area contributed by atoms with Gasteiger partial charge in [0, 0.05) is 14.7 Å². The molecular formula is C15H13ClN2O. The van der Waals surface area contributed by atoms with Gasteiger partial charge in [0.05, 0.1) is 5.69 Å². The summed E-state index contributed by atoms with van der Waals surface area (Å²) in [5.74, 6) is 0. The van der Waals surface area contributed by atoms with E-state index in [4.69, 9.17) is 26.2 Å². The van der Waals surface area contributed by atoms with E-state index in [1.807, 2.05) is 0 Å². The van der Waals surface area contributed by atoms with Crippen molar-refractivity contribution in [3.63, 3.8) is 0 Å². The van der Waals surface area contributed by atoms with E-state index in [-0.39, 0.29) is 6.02 Å². The molecule has 0 aliphatic carbocycles. The van der Waals surface area contributed by atoms with Crippen LogP contribution < -0.4 is 5.73 Å². The molecule has 0 fully saturated rings. The third-order valence-electron chi connectivity index (χ3n) is 3.01. The SMILES string of the molecule is [2H][13C]([2H])([2H])C1(c2ccccc2)OC(N)=Nc2ccc(Cl)cc21. The lowest BCUT2D eigenvalue weighted by Crippen LogP contribution is -2.36. The highest BCUT2D eigenvalue weighted by Crippen LogP contribution is 2.42. The number of benzene rings is 2. The van der Waals surface area contributed by atoms with E-state index in [0.29, 0.717) is 21.8 Å². The molecule has 1 heterocycles. The van der Waals surface area contributed by atoms with Gasteiger partial charge in [-0.25, -0.2) is 0 Å². The monoisotopic (exact) mass is 276 g/mol. The first kappa shape index (κ1) is 8.99. The molecule has 1 aliphatic heterocycles. The molecule has 3 rings (SSSR count). The van der Waals surface area contributed by atoms with E-state index >= 15 is 0 Å². The van der Waals surface area contributed by atoms with Crippen molar-refractivity contribution >= 4 is 23.3 Å². The zero-order chi connectivity index (χ0) is 16.0. The van der Waals surface area contributed by atoms with Gasteiger partial charge in [-0.3, -0.25) is 0 Å². The second kappa shape index (κ2) is 4.28. The van der Waals surface area contributed by atoms with Crippen molar-refractivity contribution in [1.82, 2.24) is 0 Å². The summed E-state index contributed by atoms with van der Waals surface area (Å²) in [5, 5.41) is 0.405. The maximum atomic E-state index is 8.06. The highest BCUT2D eigenvalue weighted by molar-refractivity contribution is 6.30. The predicted molar refractivity (Wildman–Crippen MR) is 76.7 cm³/mol. The quantitative estimate of drug-likeness (QED) is 0.809. The first-order valence-corrected chi connectivity index (χ1v) is 6.11. The van der Waals surface area contributed by atoms with Crippen LogP contribution >= 0.6 is 11.6 Å². The van der Waals surface area contributed by atoms with Crippen molar-refractivity contribution in [1.29, 1.82) is 0 Å². The molecule has 0 saturated carbocycles. The molecule has 2 aromatic rings. The predicted octanol–water partition coefficient (Wildman–Crippen LogP) is 3.58. The van der Waals surface area contributed by atoms with Crippen LogP contribution in [0.5, 0.6) is 0 Å². The van der Waals surface area contributed by atoms with Gasteiger partial charge >= 0.3 is 0 Å². The summed E-state index contributed by atoms with van der Waals surface area (Å²) in [5.41, 5.74) is 5.29. The third-order valence-corrected chi connectivity index (χ3v) is 3.24. The zero-order valence-corrected chi connectivity index (χ0v) is 10.7. The van der Waals surface area contributed by atoms with Crippen LogP contribution in [0.3, 0.4) is 0 Å². The van der Waals surface area contributed by atoms with Gasteiger partial charge in [-0.15, -0.1) is 0 Å². The van der Waals surface area contributed by atoms with Crippen LogP contribution in [0.15, 0.2) is 53.5 Å². The fourth-order valence-electron chi connectivity index (χ4n) is 2.13. The molecule has 4 heteroatoms. The fourth-order valence-corrected chi connectivity index (χ4v) is 2.30. The normalized spacial score (nSPS) is 24.3. The number of hydrogen-bond donors (Lipinski definition) is 1. The lowest BCUT2D eigenvalue weighted by atomic mass is 9.91. The number of nitrogens with zero attached hydrogens (tertiary/aromatic N) is 1. The molecule has 0 spiro atoms. The molecule has 0 saturated heterocycles. The van der Waals surface area contributed by atoms with Crippen LogP contribution in [0.1, 0.15) is 22.1 Å². The summed E-state index contributed by atoms with van der Waals surface area (Å²) in [6, 6.07) is 13.3. The molecule has 96 valence electrons. The van der Waals surface area contributed by atoms with Gasteiger partial charge in [-0.2, -0.15) is 4.99 Å². The molecule has 3 nitrogen and oxygen atoms in total. The minimum atomic E-state index is -2.51. The van der Waals surface area contributed by atoms with Gasteiger partial charge in [-0.1, -0.05) is 41.9 Å². The minimum Gasteiger partial charge on any atom is -0.449 e. The Morgan fingerprint density at radius 3 is 2.79 bits per heavy atom. The van der Waals surface area contributed by atoms with E-state index in [1.54, 1.807) is 48.5 Å². The highest BCUT2D eigenvalue weighted by Gasteiger charge is 2.37. The van der Waals surface area contributed by atoms with Crippen LogP contribution in [-0.4, -0.2) is 6.02 Å². The number of ether oxygens (including phenoxy) is 1. The summed E-state index contributed by atoms with van der Waals surface area (Å²) in [6.07, 6.45) is 0. The molecule has 2 N–H and O–H groups in total. The third kappa shape index (κ3) is 1.96. The summed E-state index contributed by atoms with van der Waals surface area (Å²) in [7, 11) is 0. The van der Waals surface area contributed by atoms with Crippen molar-refractivity contribution < 1.29 is 8.85 Å². The van der Waals surface area contributed by atoms with Crippen molar-refractivity contribution in [2.75, 3.05) is 0 Å². The Labute approximate surface area is 120 Å². The molecule has 19 heavy (non-hydrogen) atoms. The first-order chi connectivity index (χ1) is 10.3. The molecule has 0 aromatic heterocycles. The van der Waals surface area contributed by atoms with Crippen LogP contribution in [0.25, 0.3) is 0 Å². The van der Waals surface area contributed by atoms with Crippen LogP contribution in [0.2, 0.25) is 5.02 Å². The lowest BCUT2D eigenvalue weighted by Gasteiger charge is -2.34. The average molecular weight is 277 g/mol. The van der Waals surface area contributed by atoms with Gasteiger partial charge < -0.3 is 10.5 Å². The number of aliphatic imine (C=N–C) groups is 1. The number of hydrogen-bond acceptors (Lipinski definition) is 3. The van der Waals surface area contributed by atoms with Crippen molar-refractivity contribution in [3.05, 3.63) is 64.7 Å². The molecule has 1 atom stereocenters. The summed E-state index contributed by atoms with van der Waals surface area (Å²) in [4.78, 5) is 4.08. The first-order valence-electron chi connectivity index (χ1n) is 7.23. The summed E-state index contributed by atoms with van der Waals surface area (Å²) < 4.78 is 29.8. The van der Waals surface area contributed by atoms with Gasteiger partial charge in [0.25, 0.3) is 6.02 Å². The molecular weight excluding hydrogens is 261 g/mol. The Balaban J connectivity index is 2.38. The molecule has 1 unspecified atom stereocenters. The van der Waals surface area contributed by atoms with Crippen LogP contribution in [0, 0.1) is 0 Å². The van der Waals surface area contributed by atoms with Gasteiger partial charge in [0.1, 0.15) is 0 Å². The maximum absolute atomic E-state index is 8.06. The Morgan fingerprint density at radius 2 is 2.05 bits per heavy atom. The van der Waals surface area contributed by atoms with Crippen molar-refractivity contribution in [3.8, 4) is 0 Å². The topological polar surface area (TPSA) is 47.6 Å². The zero-order valence-electron chi connectivity index (χ0n) is 12.9. The lowest BCUT2D eigenvalue weighted by molar-refractivity contribution is 0.111. The van der Waals surface area contributed by atoms with E-state index in [2.05, 4.69) is 4.99 Å². The van der Waals surface area contributed by atoms with Crippen LogP contribution in [0.4, 0.5) is 5.69 Å². The van der Waals surface area contributed by atoms with Crippen molar-refractivity contribution in [2.24, 2.45) is 10.7 Å². The number of nitrogens with two attached hydrogens (primary N) is 1. The number of rotatable bonds is 1. The Kier molecular flexibility index (Phi) is 2.03. The van der Waals surface area contributed by atoms with Gasteiger partial charge in [0.15, 0.2) is 5.60 Å². The number of fused-ring (bicyclic) bond motifs is 1. The molecule has 0 radical (unpaired) electrons. The largest absolute Gasteiger partial charge is 0.449 e. The molecule has 0 bridgehead atoms. The van der Waals surface area contributed by atoms with E-state index in [9.17, 15) is 0 Å². The number of halogens is 1.